The smallest absolute Gasteiger partial charge is 0.136 e. The highest BCUT2D eigenvalue weighted by atomic mass is 14.9. The molecule has 1 aromatic rings. The van der Waals surface area contributed by atoms with Gasteiger partial charge in [-0.25, -0.2) is 4.98 Å². The molecule has 0 saturated heterocycles. The maximum atomic E-state index is 7.16. The van der Waals surface area contributed by atoms with Gasteiger partial charge in [0.2, 0.25) is 0 Å². The average molecular weight is 165 g/mol. The van der Waals surface area contributed by atoms with Crippen LogP contribution in [0.4, 0.5) is 11.6 Å². The van der Waals surface area contributed by atoms with Crippen LogP contribution in [-0.2, 0) is 0 Å². The number of anilines is 2. The second kappa shape index (κ2) is 2.69. The molecular formula is C7H11N5. The van der Waals surface area contributed by atoms with Crippen LogP contribution in [0.5, 0.6) is 0 Å². The van der Waals surface area contributed by atoms with Gasteiger partial charge in [0.25, 0.3) is 0 Å². The molecule has 5 nitrogen and oxygen atoms in total. The van der Waals surface area contributed by atoms with Crippen molar-refractivity contribution in [2.24, 2.45) is 5.73 Å². The number of rotatable bonds is 1. The number of nitrogen functional groups attached to an aromatic ring is 3. The van der Waals surface area contributed by atoms with Crippen LogP contribution < -0.4 is 17.2 Å². The number of aryl methyl sites for hydroxylation is 1. The largest absolute Gasteiger partial charge is 0.384 e. The predicted molar refractivity (Wildman–Crippen MR) is 48.8 cm³/mol. The third-order valence-corrected chi connectivity index (χ3v) is 1.57. The molecule has 64 valence electrons. The number of aromatic nitrogens is 1. The zero-order chi connectivity index (χ0) is 9.30. The first kappa shape index (κ1) is 8.32. The third-order valence-electron chi connectivity index (χ3n) is 1.57. The lowest BCUT2D eigenvalue weighted by Crippen LogP contribution is -2.15. The van der Waals surface area contributed by atoms with E-state index in [4.69, 9.17) is 22.6 Å². The van der Waals surface area contributed by atoms with E-state index in [-0.39, 0.29) is 11.7 Å². The van der Waals surface area contributed by atoms with Crippen molar-refractivity contribution in [3.63, 3.8) is 0 Å². The molecule has 0 unspecified atom stereocenters. The molecule has 0 amide bonds. The van der Waals surface area contributed by atoms with Gasteiger partial charge in [-0.15, -0.1) is 0 Å². The van der Waals surface area contributed by atoms with Crippen molar-refractivity contribution < 1.29 is 0 Å². The summed E-state index contributed by atoms with van der Waals surface area (Å²) < 4.78 is 0. The number of pyridine rings is 1. The maximum absolute atomic E-state index is 7.16. The van der Waals surface area contributed by atoms with Gasteiger partial charge in [0.05, 0.1) is 5.56 Å². The molecule has 1 aromatic heterocycles. The Morgan fingerprint density at radius 2 is 2.00 bits per heavy atom. The second-order valence-electron chi connectivity index (χ2n) is 2.54. The van der Waals surface area contributed by atoms with E-state index >= 15 is 0 Å². The molecule has 1 heterocycles. The van der Waals surface area contributed by atoms with Gasteiger partial charge in [-0.05, 0) is 18.6 Å². The summed E-state index contributed by atoms with van der Waals surface area (Å²) in [6.45, 7) is 1.79. The molecule has 12 heavy (non-hydrogen) atoms. The first-order valence-electron chi connectivity index (χ1n) is 3.39. The van der Waals surface area contributed by atoms with Crippen molar-refractivity contribution in [3.8, 4) is 0 Å². The molecule has 0 atom stereocenters. The number of hydrogen-bond donors (Lipinski definition) is 4. The lowest BCUT2D eigenvalue weighted by Gasteiger charge is -2.05. The molecule has 0 aromatic carbocycles. The van der Waals surface area contributed by atoms with Crippen molar-refractivity contribution in [1.82, 2.24) is 4.98 Å². The minimum absolute atomic E-state index is 0.0944. The fourth-order valence-electron chi connectivity index (χ4n) is 0.858. The minimum atomic E-state index is -0.0944. The standard InChI is InChI=1S/C7H11N5/c1-3-2-4(5(8)9)7(11)12-6(3)10/h2H,1H3,(H3,8,9)(H4,10,11,12). The second-order valence-corrected chi connectivity index (χ2v) is 2.54. The van der Waals surface area contributed by atoms with Crippen LogP contribution in [0, 0.1) is 12.3 Å². The molecule has 0 aliphatic carbocycles. The van der Waals surface area contributed by atoms with E-state index in [1.165, 1.54) is 0 Å². The Morgan fingerprint density at radius 1 is 1.42 bits per heavy atom. The van der Waals surface area contributed by atoms with Crippen molar-refractivity contribution in [3.05, 3.63) is 17.2 Å². The molecule has 0 bridgehead atoms. The average Bonchev–Trinajstić information content (AvgIpc) is 1.96. The van der Waals surface area contributed by atoms with Crippen molar-refractivity contribution in [2.75, 3.05) is 11.5 Å². The summed E-state index contributed by atoms with van der Waals surface area (Å²) in [5, 5.41) is 7.16. The molecule has 0 saturated carbocycles. The molecule has 0 aliphatic rings. The van der Waals surface area contributed by atoms with Crippen molar-refractivity contribution >= 4 is 17.5 Å². The molecule has 0 spiro atoms. The Labute approximate surface area is 70.1 Å². The Hall–Kier alpha value is -1.78. The summed E-state index contributed by atoms with van der Waals surface area (Å²) in [6, 6.07) is 1.65. The third kappa shape index (κ3) is 1.29. The lowest BCUT2D eigenvalue weighted by atomic mass is 10.2. The summed E-state index contributed by atoms with van der Waals surface area (Å²) in [7, 11) is 0. The van der Waals surface area contributed by atoms with Crippen LogP contribution in [0.25, 0.3) is 0 Å². The summed E-state index contributed by atoms with van der Waals surface area (Å²) >= 11 is 0. The summed E-state index contributed by atoms with van der Waals surface area (Å²) in [5.74, 6) is 0.478. The van der Waals surface area contributed by atoms with E-state index in [0.29, 0.717) is 11.4 Å². The van der Waals surface area contributed by atoms with Crippen LogP contribution in [0.3, 0.4) is 0 Å². The number of hydrogen-bond acceptors (Lipinski definition) is 4. The Morgan fingerprint density at radius 3 is 2.50 bits per heavy atom. The quantitative estimate of drug-likeness (QED) is 0.342. The number of nitrogens with one attached hydrogen (secondary N) is 1. The van der Waals surface area contributed by atoms with Gasteiger partial charge in [-0.1, -0.05) is 0 Å². The predicted octanol–water partition coefficient (Wildman–Crippen LogP) is -0.162. The SMILES string of the molecule is Cc1cc(C(=N)N)c(N)nc1N. The van der Waals surface area contributed by atoms with Crippen LogP contribution in [0.1, 0.15) is 11.1 Å². The fourth-order valence-corrected chi connectivity index (χ4v) is 0.858. The highest BCUT2D eigenvalue weighted by Crippen LogP contribution is 2.14. The normalized spacial score (nSPS) is 9.75. The highest BCUT2D eigenvalue weighted by Gasteiger charge is 2.06. The molecular weight excluding hydrogens is 154 g/mol. The van der Waals surface area contributed by atoms with Crippen LogP contribution >= 0.6 is 0 Å². The Bertz CT molecular complexity index is 331. The van der Waals surface area contributed by atoms with E-state index in [9.17, 15) is 0 Å². The van der Waals surface area contributed by atoms with Crippen LogP contribution in [-0.4, -0.2) is 10.8 Å². The van der Waals surface area contributed by atoms with Gasteiger partial charge in [0.1, 0.15) is 17.5 Å². The van der Waals surface area contributed by atoms with Gasteiger partial charge < -0.3 is 17.2 Å². The van der Waals surface area contributed by atoms with Gasteiger partial charge in [0.15, 0.2) is 0 Å². The molecule has 1 rings (SSSR count). The van der Waals surface area contributed by atoms with Crippen LogP contribution in [0.2, 0.25) is 0 Å². The molecule has 0 radical (unpaired) electrons. The zero-order valence-corrected chi connectivity index (χ0v) is 6.76. The number of nitrogens with two attached hydrogens (primary N) is 3. The molecule has 5 heteroatoms. The molecule has 0 aliphatic heterocycles. The van der Waals surface area contributed by atoms with Gasteiger partial charge in [-0.3, -0.25) is 5.41 Å². The van der Waals surface area contributed by atoms with Gasteiger partial charge in [0, 0.05) is 0 Å². The first-order chi connectivity index (χ1) is 5.52. The van der Waals surface area contributed by atoms with Crippen LogP contribution in [0.15, 0.2) is 6.07 Å². The minimum Gasteiger partial charge on any atom is -0.384 e. The van der Waals surface area contributed by atoms with E-state index in [2.05, 4.69) is 4.98 Å². The van der Waals surface area contributed by atoms with E-state index in [1.807, 2.05) is 0 Å². The zero-order valence-electron chi connectivity index (χ0n) is 6.76. The summed E-state index contributed by atoms with van der Waals surface area (Å²) in [5.41, 5.74) is 17.4. The van der Waals surface area contributed by atoms with Gasteiger partial charge >= 0.3 is 0 Å². The highest BCUT2D eigenvalue weighted by molar-refractivity contribution is 5.99. The Kier molecular flexibility index (Phi) is 1.86. The molecule has 7 N–H and O–H groups in total. The maximum Gasteiger partial charge on any atom is 0.136 e. The van der Waals surface area contributed by atoms with Crippen molar-refractivity contribution in [2.45, 2.75) is 6.92 Å². The summed E-state index contributed by atoms with van der Waals surface area (Å²) in [4.78, 5) is 3.83. The molecule has 0 fully saturated rings. The van der Waals surface area contributed by atoms with E-state index in [1.54, 1.807) is 13.0 Å². The van der Waals surface area contributed by atoms with Gasteiger partial charge in [-0.2, -0.15) is 0 Å². The number of nitrogens with zero attached hydrogens (tertiary/aromatic N) is 1. The van der Waals surface area contributed by atoms with E-state index < -0.39 is 0 Å². The number of amidine groups is 1. The van der Waals surface area contributed by atoms with E-state index in [0.717, 1.165) is 5.56 Å². The topological polar surface area (TPSA) is 115 Å². The monoisotopic (exact) mass is 165 g/mol. The first-order valence-corrected chi connectivity index (χ1v) is 3.39. The fraction of sp³-hybridized carbons (Fsp3) is 0.143. The van der Waals surface area contributed by atoms with Crippen molar-refractivity contribution in [1.29, 1.82) is 5.41 Å². The Balaban J connectivity index is 3.33. The summed E-state index contributed by atoms with van der Waals surface area (Å²) in [6.07, 6.45) is 0. The lowest BCUT2D eigenvalue weighted by molar-refractivity contribution is 1.26.